The van der Waals surface area contributed by atoms with Crippen molar-refractivity contribution in [1.82, 2.24) is 10.2 Å². The Balaban J connectivity index is 1.70. The van der Waals surface area contributed by atoms with E-state index in [9.17, 15) is 9.59 Å². The van der Waals surface area contributed by atoms with E-state index in [1.165, 1.54) is 4.90 Å². The van der Waals surface area contributed by atoms with Crippen LogP contribution in [0.3, 0.4) is 0 Å². The summed E-state index contributed by atoms with van der Waals surface area (Å²) in [6, 6.07) is 5.86. The molecule has 1 saturated heterocycles. The maximum atomic E-state index is 12.3. The second kappa shape index (κ2) is 5.61. The second-order valence-corrected chi connectivity index (χ2v) is 4.97. The molecule has 2 aliphatic heterocycles. The maximum Gasteiger partial charge on any atom is 0.328 e. The van der Waals surface area contributed by atoms with Gasteiger partial charge < -0.3 is 24.8 Å². The Hall–Kier alpha value is -2.28. The van der Waals surface area contributed by atoms with Crippen LogP contribution in [0.5, 0.6) is 5.75 Å². The number of ether oxygens (including phenoxy) is 2. The highest BCUT2D eigenvalue weighted by atomic mass is 16.5. The number of urea groups is 1. The molecule has 2 aliphatic rings. The predicted molar refractivity (Wildman–Crippen MR) is 72.2 cm³/mol. The van der Waals surface area contributed by atoms with Crippen molar-refractivity contribution in [3.8, 4) is 5.75 Å². The number of carbonyl (C=O) groups is 2. The summed E-state index contributed by atoms with van der Waals surface area (Å²) in [5, 5.41) is 12.0. The number of hydrogen-bond acceptors (Lipinski definition) is 4. The van der Waals surface area contributed by atoms with E-state index in [0.717, 1.165) is 11.3 Å². The van der Waals surface area contributed by atoms with E-state index in [1.807, 2.05) is 24.3 Å². The van der Waals surface area contributed by atoms with Crippen molar-refractivity contribution in [2.24, 2.45) is 0 Å². The molecule has 1 aromatic carbocycles. The maximum absolute atomic E-state index is 12.3. The lowest BCUT2D eigenvalue weighted by Gasteiger charge is -2.33. The average Bonchev–Trinajstić information content (AvgIpc) is 2.90. The third kappa shape index (κ3) is 2.64. The van der Waals surface area contributed by atoms with Gasteiger partial charge in [0.2, 0.25) is 0 Å². The number of carbonyl (C=O) groups excluding carboxylic acids is 1. The zero-order valence-electron chi connectivity index (χ0n) is 11.3. The molecule has 2 atom stereocenters. The van der Waals surface area contributed by atoms with Crippen molar-refractivity contribution in [2.45, 2.75) is 12.1 Å². The molecule has 0 spiro atoms. The molecule has 0 bridgehead atoms. The summed E-state index contributed by atoms with van der Waals surface area (Å²) in [7, 11) is 0. The van der Waals surface area contributed by atoms with Crippen LogP contribution in [0.15, 0.2) is 24.3 Å². The minimum atomic E-state index is -1.06. The third-order valence-electron chi connectivity index (χ3n) is 3.67. The zero-order chi connectivity index (χ0) is 14.8. The first-order valence-corrected chi connectivity index (χ1v) is 6.76. The summed E-state index contributed by atoms with van der Waals surface area (Å²) in [5.41, 5.74) is 0.908. The molecule has 1 aromatic rings. The van der Waals surface area contributed by atoms with Crippen molar-refractivity contribution in [3.63, 3.8) is 0 Å². The third-order valence-corrected chi connectivity index (χ3v) is 3.67. The fourth-order valence-corrected chi connectivity index (χ4v) is 2.57. The topological polar surface area (TPSA) is 88.1 Å². The smallest absolute Gasteiger partial charge is 0.328 e. The molecular formula is C14H16N2O5. The summed E-state index contributed by atoms with van der Waals surface area (Å²) >= 11 is 0. The molecule has 112 valence electrons. The Kier molecular flexibility index (Phi) is 3.66. The van der Waals surface area contributed by atoms with Crippen LogP contribution >= 0.6 is 0 Å². The average molecular weight is 292 g/mol. The van der Waals surface area contributed by atoms with Crippen molar-refractivity contribution in [2.75, 3.05) is 26.4 Å². The minimum absolute atomic E-state index is 0.0144. The molecule has 3 rings (SSSR count). The number of nitrogens with one attached hydrogen (secondary N) is 1. The van der Waals surface area contributed by atoms with Gasteiger partial charge in [0.15, 0.2) is 6.04 Å². The molecule has 0 aromatic heterocycles. The van der Waals surface area contributed by atoms with Gasteiger partial charge in [-0.2, -0.15) is 0 Å². The predicted octanol–water partition coefficient (Wildman–Crippen LogP) is 0.615. The van der Waals surface area contributed by atoms with Crippen LogP contribution in [0.2, 0.25) is 0 Å². The molecule has 21 heavy (non-hydrogen) atoms. The van der Waals surface area contributed by atoms with E-state index in [4.69, 9.17) is 14.6 Å². The molecule has 1 fully saturated rings. The minimum Gasteiger partial charge on any atom is -0.491 e. The number of fused-ring (bicyclic) bond motifs is 1. The van der Waals surface area contributed by atoms with Crippen LogP contribution in [0.4, 0.5) is 4.79 Å². The van der Waals surface area contributed by atoms with Crippen LogP contribution < -0.4 is 10.1 Å². The highest BCUT2D eigenvalue weighted by molar-refractivity contribution is 5.83. The number of hydrogen-bond donors (Lipinski definition) is 2. The van der Waals surface area contributed by atoms with E-state index in [2.05, 4.69) is 5.32 Å². The molecule has 7 heteroatoms. The normalized spacial score (nSPS) is 24.1. The highest BCUT2D eigenvalue weighted by Gasteiger charge is 2.35. The summed E-state index contributed by atoms with van der Waals surface area (Å²) < 4.78 is 10.6. The van der Waals surface area contributed by atoms with Gasteiger partial charge >= 0.3 is 12.0 Å². The van der Waals surface area contributed by atoms with Gasteiger partial charge in [-0.1, -0.05) is 18.2 Å². The van der Waals surface area contributed by atoms with Crippen LogP contribution in [0.1, 0.15) is 11.6 Å². The first-order chi connectivity index (χ1) is 10.2. The Labute approximate surface area is 121 Å². The first-order valence-electron chi connectivity index (χ1n) is 6.76. The number of rotatable bonds is 2. The summed E-state index contributed by atoms with van der Waals surface area (Å²) in [6.07, 6.45) is 0. The highest BCUT2D eigenvalue weighted by Crippen LogP contribution is 2.31. The van der Waals surface area contributed by atoms with Gasteiger partial charge in [-0.15, -0.1) is 0 Å². The van der Waals surface area contributed by atoms with Gasteiger partial charge in [0.1, 0.15) is 12.4 Å². The monoisotopic (exact) mass is 292 g/mol. The Morgan fingerprint density at radius 1 is 1.29 bits per heavy atom. The quantitative estimate of drug-likeness (QED) is 0.834. The number of carboxylic acids is 1. The number of nitrogens with zero attached hydrogens (tertiary/aromatic N) is 1. The van der Waals surface area contributed by atoms with E-state index in [1.54, 1.807) is 0 Å². The molecular weight excluding hydrogens is 276 g/mol. The summed E-state index contributed by atoms with van der Waals surface area (Å²) in [5.74, 6) is -0.313. The molecule has 0 saturated carbocycles. The standard InChI is InChI=1S/C14H16N2O5/c17-13(18)11-8-20-6-5-16(11)14(19)15-10-7-21-12-4-2-1-3-9(10)12/h1-4,10-11H,5-8H2,(H,15,19)(H,17,18). The number of carboxylic acid groups (broad SMARTS) is 1. The first kappa shape index (κ1) is 13.7. The second-order valence-electron chi connectivity index (χ2n) is 4.97. The Morgan fingerprint density at radius 2 is 2.10 bits per heavy atom. The van der Waals surface area contributed by atoms with Gasteiger partial charge in [-0.05, 0) is 6.07 Å². The van der Waals surface area contributed by atoms with Gasteiger partial charge in [0.05, 0.1) is 19.3 Å². The van der Waals surface area contributed by atoms with Crippen molar-refractivity contribution < 1.29 is 24.2 Å². The van der Waals surface area contributed by atoms with Crippen molar-refractivity contribution in [3.05, 3.63) is 29.8 Å². The fourth-order valence-electron chi connectivity index (χ4n) is 2.57. The van der Waals surface area contributed by atoms with Gasteiger partial charge in [0.25, 0.3) is 0 Å². The van der Waals surface area contributed by atoms with Crippen LogP contribution in [-0.4, -0.2) is 54.4 Å². The van der Waals surface area contributed by atoms with Crippen molar-refractivity contribution in [1.29, 1.82) is 0 Å². The zero-order valence-corrected chi connectivity index (χ0v) is 11.3. The molecule has 7 nitrogen and oxygen atoms in total. The van der Waals surface area contributed by atoms with Crippen LogP contribution in [-0.2, 0) is 9.53 Å². The number of aliphatic carboxylic acids is 1. The molecule has 2 heterocycles. The number of amides is 2. The van der Waals surface area contributed by atoms with Gasteiger partial charge in [-0.3, -0.25) is 0 Å². The molecule has 2 unspecified atom stereocenters. The largest absolute Gasteiger partial charge is 0.491 e. The van der Waals surface area contributed by atoms with E-state index in [0.29, 0.717) is 13.2 Å². The SMILES string of the molecule is O=C(O)C1COCCN1C(=O)NC1COc2ccccc21. The Morgan fingerprint density at radius 3 is 2.90 bits per heavy atom. The lowest BCUT2D eigenvalue weighted by Crippen LogP contribution is -2.56. The fraction of sp³-hybridized carbons (Fsp3) is 0.429. The van der Waals surface area contributed by atoms with E-state index in [-0.39, 0.29) is 19.2 Å². The van der Waals surface area contributed by atoms with E-state index >= 15 is 0 Å². The number of para-hydroxylation sites is 1. The molecule has 2 N–H and O–H groups in total. The molecule has 2 amide bonds. The van der Waals surface area contributed by atoms with Gasteiger partial charge in [-0.25, -0.2) is 9.59 Å². The van der Waals surface area contributed by atoms with E-state index < -0.39 is 18.0 Å². The summed E-state index contributed by atoms with van der Waals surface area (Å²) in [6.45, 7) is 0.973. The van der Waals surface area contributed by atoms with Crippen LogP contribution in [0, 0.1) is 0 Å². The lowest BCUT2D eigenvalue weighted by atomic mass is 10.1. The molecule has 0 radical (unpaired) electrons. The molecule has 0 aliphatic carbocycles. The lowest BCUT2D eigenvalue weighted by molar-refractivity contribution is -0.147. The Bertz CT molecular complexity index is 562. The number of benzene rings is 1. The summed E-state index contributed by atoms with van der Waals surface area (Å²) in [4.78, 5) is 24.8. The number of morpholine rings is 1. The van der Waals surface area contributed by atoms with Crippen molar-refractivity contribution >= 4 is 12.0 Å². The van der Waals surface area contributed by atoms with Gasteiger partial charge in [0, 0.05) is 12.1 Å². The van der Waals surface area contributed by atoms with Crippen LogP contribution in [0.25, 0.3) is 0 Å².